The lowest BCUT2D eigenvalue weighted by Crippen LogP contribution is -1.96. The van der Waals surface area contributed by atoms with E-state index in [0.29, 0.717) is 4.47 Å². The molecule has 7 heteroatoms. The zero-order valence-electron chi connectivity index (χ0n) is 5.89. The highest BCUT2D eigenvalue weighted by atomic mass is 79.9. The Hall–Kier alpha value is 0.350. The number of benzene rings is 1. The highest BCUT2D eigenvalue weighted by molar-refractivity contribution is 9.11. The first-order valence-corrected chi connectivity index (χ1v) is 6.81. The van der Waals surface area contributed by atoms with E-state index in [1.165, 1.54) is 6.07 Å². The van der Waals surface area contributed by atoms with Crippen LogP contribution in [0.25, 0.3) is 0 Å². The molecule has 0 amide bonds. The highest BCUT2D eigenvalue weighted by Gasteiger charge is 2.18. The summed E-state index contributed by atoms with van der Waals surface area (Å²) >= 11 is 5.88. The monoisotopic (exact) mass is 350 g/mol. The van der Waals surface area contributed by atoms with Crippen LogP contribution in [0.4, 0.5) is 4.39 Å². The van der Waals surface area contributed by atoms with Crippen LogP contribution >= 0.6 is 42.5 Å². The summed E-state index contributed by atoms with van der Waals surface area (Å²) in [5.74, 6) is -0.891. The minimum absolute atomic E-state index is 0.0427. The van der Waals surface area contributed by atoms with Crippen LogP contribution in [0.3, 0.4) is 0 Å². The third-order valence-electron chi connectivity index (χ3n) is 1.22. The molecule has 0 radical (unpaired) electrons. The Balaban J connectivity index is 3.56. The second-order valence-corrected chi connectivity index (χ2v) is 6.44. The molecule has 0 saturated carbocycles. The maximum Gasteiger partial charge on any atom is 0.264 e. The predicted molar refractivity (Wildman–Crippen MR) is 54.8 cm³/mol. The molecule has 72 valence electrons. The van der Waals surface area contributed by atoms with Gasteiger partial charge in [0.05, 0.1) is 4.47 Å². The summed E-state index contributed by atoms with van der Waals surface area (Å²) in [5.41, 5.74) is 0. The molecule has 1 aromatic carbocycles. The molecular weight excluding hydrogens is 350 g/mol. The Kier molecular flexibility index (Phi) is 3.38. The fourth-order valence-corrected chi connectivity index (χ4v) is 3.15. The van der Waals surface area contributed by atoms with E-state index in [0.717, 1.165) is 6.07 Å². The summed E-state index contributed by atoms with van der Waals surface area (Å²) in [4.78, 5) is -0.546. The zero-order valence-corrected chi connectivity index (χ0v) is 10.6. The molecule has 0 unspecified atom stereocenters. The average molecular weight is 352 g/mol. The van der Waals surface area contributed by atoms with Crippen LogP contribution in [0.5, 0.6) is 0 Å². The van der Waals surface area contributed by atoms with Crippen LogP contribution in [-0.2, 0) is 9.05 Å². The van der Waals surface area contributed by atoms with Crippen molar-refractivity contribution in [2.24, 2.45) is 0 Å². The average Bonchev–Trinajstić information content (AvgIpc) is 1.94. The van der Waals surface area contributed by atoms with Gasteiger partial charge >= 0.3 is 0 Å². The highest BCUT2D eigenvalue weighted by Crippen LogP contribution is 2.29. The molecule has 0 atom stereocenters. The van der Waals surface area contributed by atoms with Gasteiger partial charge in [-0.05, 0) is 28.1 Å². The van der Waals surface area contributed by atoms with E-state index in [-0.39, 0.29) is 4.47 Å². The van der Waals surface area contributed by atoms with Gasteiger partial charge in [-0.1, -0.05) is 15.9 Å². The van der Waals surface area contributed by atoms with Gasteiger partial charge in [0.2, 0.25) is 0 Å². The van der Waals surface area contributed by atoms with Crippen molar-refractivity contribution in [1.29, 1.82) is 0 Å². The van der Waals surface area contributed by atoms with Gasteiger partial charge in [0.15, 0.2) is 5.82 Å². The van der Waals surface area contributed by atoms with Crippen LogP contribution in [0.15, 0.2) is 26.0 Å². The third kappa shape index (κ3) is 2.65. The van der Waals surface area contributed by atoms with E-state index < -0.39 is 19.8 Å². The van der Waals surface area contributed by atoms with Crippen LogP contribution in [0, 0.1) is 5.82 Å². The topological polar surface area (TPSA) is 34.1 Å². The van der Waals surface area contributed by atoms with Gasteiger partial charge < -0.3 is 0 Å². The van der Waals surface area contributed by atoms with Gasteiger partial charge in [0.1, 0.15) is 4.90 Å². The molecule has 0 aliphatic rings. The van der Waals surface area contributed by atoms with Crippen LogP contribution in [-0.4, -0.2) is 8.42 Å². The van der Waals surface area contributed by atoms with Crippen LogP contribution in [0.2, 0.25) is 0 Å². The molecule has 13 heavy (non-hydrogen) atoms. The second kappa shape index (κ2) is 3.84. The molecule has 2 nitrogen and oxygen atoms in total. The molecule has 0 saturated heterocycles. The Labute approximate surface area is 95.8 Å². The molecule has 0 fully saturated rings. The quantitative estimate of drug-likeness (QED) is 0.574. The fraction of sp³-hybridized carbons (Fsp3) is 0. The summed E-state index contributed by atoms with van der Waals surface area (Å²) < 4.78 is 35.3. The predicted octanol–water partition coefficient (Wildman–Crippen LogP) is 3.28. The van der Waals surface area contributed by atoms with E-state index in [9.17, 15) is 12.8 Å². The van der Waals surface area contributed by atoms with Crippen molar-refractivity contribution in [2.45, 2.75) is 4.90 Å². The van der Waals surface area contributed by atoms with Crippen molar-refractivity contribution < 1.29 is 12.8 Å². The van der Waals surface area contributed by atoms with Crippen molar-refractivity contribution in [3.05, 3.63) is 26.9 Å². The summed E-state index contributed by atoms with van der Waals surface area (Å²) in [6.07, 6.45) is 0. The maximum atomic E-state index is 13.1. The van der Waals surface area contributed by atoms with Gasteiger partial charge in [-0.3, -0.25) is 0 Å². The van der Waals surface area contributed by atoms with Gasteiger partial charge in [0, 0.05) is 15.2 Å². The lowest BCUT2D eigenvalue weighted by atomic mass is 10.3. The van der Waals surface area contributed by atoms with Crippen molar-refractivity contribution >= 4 is 51.6 Å². The zero-order chi connectivity index (χ0) is 10.2. The lowest BCUT2D eigenvalue weighted by molar-refractivity contribution is 0.571. The van der Waals surface area contributed by atoms with Gasteiger partial charge in [-0.25, -0.2) is 12.8 Å². The van der Waals surface area contributed by atoms with Crippen molar-refractivity contribution in [3.63, 3.8) is 0 Å². The molecule has 1 aromatic rings. The summed E-state index contributed by atoms with van der Waals surface area (Å²) in [5, 5.41) is 0. The van der Waals surface area contributed by atoms with E-state index >= 15 is 0 Å². The maximum absolute atomic E-state index is 13.1. The summed E-state index contributed by atoms with van der Waals surface area (Å²) in [6.45, 7) is 0. The number of halogens is 4. The van der Waals surface area contributed by atoms with Crippen molar-refractivity contribution in [1.82, 2.24) is 0 Å². The smallest absolute Gasteiger partial charge is 0.207 e. The normalized spacial score (nSPS) is 11.7. The fourth-order valence-electron chi connectivity index (χ4n) is 0.710. The Morgan fingerprint density at radius 2 is 1.85 bits per heavy atom. The number of hydrogen-bond donors (Lipinski definition) is 0. The molecule has 0 aromatic heterocycles. The molecule has 0 spiro atoms. The SMILES string of the molecule is O=S(=O)(Cl)c1cc(Br)cc(Br)c1F. The first-order valence-electron chi connectivity index (χ1n) is 2.91. The first kappa shape index (κ1) is 11.4. The van der Waals surface area contributed by atoms with Crippen molar-refractivity contribution in [3.8, 4) is 0 Å². The van der Waals surface area contributed by atoms with E-state index in [1.807, 2.05) is 0 Å². The Morgan fingerprint density at radius 3 is 2.31 bits per heavy atom. The van der Waals surface area contributed by atoms with Gasteiger partial charge in [0.25, 0.3) is 9.05 Å². The van der Waals surface area contributed by atoms with E-state index in [4.69, 9.17) is 10.7 Å². The third-order valence-corrected chi connectivity index (χ3v) is 3.58. The molecule has 0 N–H and O–H groups in total. The van der Waals surface area contributed by atoms with Gasteiger partial charge in [-0.15, -0.1) is 0 Å². The minimum Gasteiger partial charge on any atom is -0.207 e. The van der Waals surface area contributed by atoms with E-state index in [1.54, 1.807) is 0 Å². The first-order chi connectivity index (χ1) is 5.82. The Bertz CT molecular complexity index is 446. The van der Waals surface area contributed by atoms with E-state index in [2.05, 4.69) is 31.9 Å². The molecule has 0 bridgehead atoms. The summed E-state index contributed by atoms with van der Waals surface area (Å²) in [6, 6.07) is 2.49. The van der Waals surface area contributed by atoms with Crippen LogP contribution in [0.1, 0.15) is 0 Å². The van der Waals surface area contributed by atoms with Crippen LogP contribution < -0.4 is 0 Å². The molecular formula is C6H2Br2ClFO2S. The second-order valence-electron chi connectivity index (χ2n) is 2.14. The standard InChI is InChI=1S/C6H2Br2ClFO2S/c7-3-1-4(8)6(10)5(2-3)13(9,11)12/h1-2H. The summed E-state index contributed by atoms with van der Waals surface area (Å²) in [7, 11) is 0.957. The molecule has 0 aliphatic carbocycles. The van der Waals surface area contributed by atoms with Crippen molar-refractivity contribution in [2.75, 3.05) is 0 Å². The minimum atomic E-state index is -4.04. The van der Waals surface area contributed by atoms with Gasteiger partial charge in [-0.2, -0.15) is 0 Å². The Morgan fingerprint density at radius 1 is 1.31 bits per heavy atom. The lowest BCUT2D eigenvalue weighted by Gasteiger charge is -2.01. The largest absolute Gasteiger partial charge is 0.264 e. The number of hydrogen-bond acceptors (Lipinski definition) is 2. The number of rotatable bonds is 1. The molecule has 1 rings (SSSR count). The molecule has 0 heterocycles. The molecule has 0 aliphatic heterocycles.